The maximum Gasteiger partial charge on any atom is 0.420 e. The lowest BCUT2D eigenvalue weighted by atomic mass is 9.77. The Hall–Kier alpha value is -2.57. The number of benzene rings is 2. The first-order valence-electron chi connectivity index (χ1n) is 8.59. The first kappa shape index (κ1) is 19.2. The zero-order chi connectivity index (χ0) is 19.7. The molecule has 1 N–H and O–H groups in total. The third-order valence-electron chi connectivity index (χ3n) is 5.04. The third-order valence-corrected chi connectivity index (χ3v) is 5.04. The van der Waals surface area contributed by atoms with Gasteiger partial charge in [0, 0.05) is 11.3 Å². The molecule has 3 rings (SSSR count). The van der Waals surface area contributed by atoms with Crippen LogP contribution in [0, 0.1) is 5.82 Å². The van der Waals surface area contributed by atoms with Crippen molar-refractivity contribution in [3.8, 4) is 5.75 Å². The van der Waals surface area contributed by atoms with Crippen molar-refractivity contribution in [3.05, 3.63) is 59.4 Å². The standard InChI is InChI=1S/C20H19F4NO2/c1-27-17-9-8-13(12-15(17)20(22,23)24)25-18(26)19(10-4-5-11-19)14-6-2-3-7-16(14)21/h2-3,6-9,12H,4-5,10-11H2,1H3,(H,25,26). The van der Waals surface area contributed by atoms with Gasteiger partial charge in [0.2, 0.25) is 5.91 Å². The van der Waals surface area contributed by atoms with Crippen molar-refractivity contribution in [2.75, 3.05) is 12.4 Å². The van der Waals surface area contributed by atoms with Crippen molar-refractivity contribution in [2.45, 2.75) is 37.3 Å². The van der Waals surface area contributed by atoms with Gasteiger partial charge in [-0.2, -0.15) is 13.2 Å². The van der Waals surface area contributed by atoms with Crippen molar-refractivity contribution in [1.82, 2.24) is 0 Å². The number of methoxy groups -OCH3 is 1. The Morgan fingerprint density at radius 3 is 2.37 bits per heavy atom. The first-order valence-corrected chi connectivity index (χ1v) is 8.59. The van der Waals surface area contributed by atoms with E-state index in [0.29, 0.717) is 12.8 Å². The molecule has 2 aromatic rings. The van der Waals surface area contributed by atoms with Crippen molar-refractivity contribution >= 4 is 11.6 Å². The van der Waals surface area contributed by atoms with Gasteiger partial charge in [-0.3, -0.25) is 4.79 Å². The predicted molar refractivity (Wildman–Crippen MR) is 93.2 cm³/mol. The molecule has 3 nitrogen and oxygen atoms in total. The summed E-state index contributed by atoms with van der Waals surface area (Å²) in [7, 11) is 1.15. The van der Waals surface area contributed by atoms with E-state index in [1.54, 1.807) is 18.2 Å². The highest BCUT2D eigenvalue weighted by molar-refractivity contribution is 5.99. The third kappa shape index (κ3) is 3.63. The van der Waals surface area contributed by atoms with Gasteiger partial charge < -0.3 is 10.1 Å². The van der Waals surface area contributed by atoms with Crippen LogP contribution < -0.4 is 10.1 Å². The summed E-state index contributed by atoms with van der Waals surface area (Å²) >= 11 is 0. The minimum atomic E-state index is -4.62. The highest BCUT2D eigenvalue weighted by Gasteiger charge is 2.44. The summed E-state index contributed by atoms with van der Waals surface area (Å²) in [5.41, 5.74) is -1.78. The molecule has 1 fully saturated rings. The van der Waals surface area contributed by atoms with E-state index in [1.807, 2.05) is 0 Å². The number of rotatable bonds is 4. The molecule has 0 spiro atoms. The van der Waals surface area contributed by atoms with Crippen molar-refractivity contribution in [2.24, 2.45) is 0 Å². The van der Waals surface area contributed by atoms with Gasteiger partial charge in [-0.05, 0) is 37.1 Å². The molecule has 0 unspecified atom stereocenters. The van der Waals surface area contributed by atoms with Crippen molar-refractivity contribution in [1.29, 1.82) is 0 Å². The van der Waals surface area contributed by atoms with Gasteiger partial charge in [0.05, 0.1) is 18.1 Å². The number of nitrogens with one attached hydrogen (secondary N) is 1. The van der Waals surface area contributed by atoms with Gasteiger partial charge in [0.1, 0.15) is 11.6 Å². The molecule has 0 saturated heterocycles. The van der Waals surface area contributed by atoms with Crippen molar-refractivity contribution < 1.29 is 27.1 Å². The number of ether oxygens (including phenoxy) is 1. The summed E-state index contributed by atoms with van der Waals surface area (Å²) in [6.45, 7) is 0. The van der Waals surface area contributed by atoms with E-state index < -0.39 is 28.9 Å². The summed E-state index contributed by atoms with van der Waals surface area (Å²) in [5.74, 6) is -1.31. The minimum Gasteiger partial charge on any atom is -0.496 e. The molecule has 7 heteroatoms. The number of hydrogen-bond acceptors (Lipinski definition) is 2. The topological polar surface area (TPSA) is 38.3 Å². The molecule has 0 atom stereocenters. The highest BCUT2D eigenvalue weighted by atomic mass is 19.4. The molecule has 0 aliphatic heterocycles. The highest BCUT2D eigenvalue weighted by Crippen LogP contribution is 2.44. The molecule has 27 heavy (non-hydrogen) atoms. The van der Waals surface area contributed by atoms with E-state index in [1.165, 1.54) is 12.1 Å². The number of hydrogen-bond donors (Lipinski definition) is 1. The second kappa shape index (κ2) is 7.21. The fourth-order valence-corrected chi connectivity index (χ4v) is 3.70. The van der Waals surface area contributed by atoms with Crippen LogP contribution in [-0.4, -0.2) is 13.0 Å². The molecule has 1 amide bonds. The van der Waals surface area contributed by atoms with Crippen LogP contribution in [0.5, 0.6) is 5.75 Å². The number of carbonyl (C=O) groups excluding carboxylic acids is 1. The molecule has 1 aliphatic rings. The fraction of sp³-hybridized carbons (Fsp3) is 0.350. The molecule has 0 aromatic heterocycles. The lowest BCUT2D eigenvalue weighted by Gasteiger charge is -2.29. The Morgan fingerprint density at radius 2 is 1.78 bits per heavy atom. The maximum atomic E-state index is 14.4. The van der Waals surface area contributed by atoms with Crippen LogP contribution in [0.3, 0.4) is 0 Å². The summed E-state index contributed by atoms with van der Waals surface area (Å²) in [6.07, 6.45) is -2.23. The molecule has 0 bridgehead atoms. The van der Waals surface area contributed by atoms with E-state index in [-0.39, 0.29) is 17.0 Å². The molecule has 144 valence electrons. The number of alkyl halides is 3. The maximum absolute atomic E-state index is 14.4. The van der Waals surface area contributed by atoms with Gasteiger partial charge in [0.25, 0.3) is 0 Å². The monoisotopic (exact) mass is 381 g/mol. The van der Waals surface area contributed by atoms with E-state index in [0.717, 1.165) is 32.1 Å². The molecule has 1 saturated carbocycles. The molecule has 0 heterocycles. The Kier molecular flexibility index (Phi) is 5.13. The van der Waals surface area contributed by atoms with Gasteiger partial charge in [-0.25, -0.2) is 4.39 Å². The lowest BCUT2D eigenvalue weighted by Crippen LogP contribution is -2.38. The lowest BCUT2D eigenvalue weighted by molar-refractivity contribution is -0.138. The Labute approximate surface area is 154 Å². The zero-order valence-electron chi connectivity index (χ0n) is 14.7. The normalized spacial score (nSPS) is 16.2. The Morgan fingerprint density at radius 1 is 1.11 bits per heavy atom. The zero-order valence-corrected chi connectivity index (χ0v) is 14.7. The van der Waals surface area contributed by atoms with Crippen LogP contribution in [0.25, 0.3) is 0 Å². The molecule has 2 aromatic carbocycles. The fourth-order valence-electron chi connectivity index (χ4n) is 3.70. The van der Waals surface area contributed by atoms with E-state index in [2.05, 4.69) is 5.32 Å². The number of carbonyl (C=O) groups is 1. The Balaban J connectivity index is 1.95. The SMILES string of the molecule is COc1ccc(NC(=O)C2(c3ccccc3F)CCCC2)cc1C(F)(F)F. The summed E-state index contributed by atoms with van der Waals surface area (Å²) in [6, 6.07) is 9.38. The molecule has 1 aliphatic carbocycles. The van der Waals surface area contributed by atoms with Crippen LogP contribution in [0.2, 0.25) is 0 Å². The predicted octanol–water partition coefficient (Wildman–Crippen LogP) is 5.30. The molecule has 0 radical (unpaired) electrons. The average molecular weight is 381 g/mol. The minimum absolute atomic E-state index is 0.00395. The summed E-state index contributed by atoms with van der Waals surface area (Å²) in [4.78, 5) is 13.0. The smallest absolute Gasteiger partial charge is 0.420 e. The second-order valence-electron chi connectivity index (χ2n) is 6.64. The van der Waals surface area contributed by atoms with E-state index in [9.17, 15) is 22.4 Å². The number of amides is 1. The van der Waals surface area contributed by atoms with Crippen LogP contribution in [0.4, 0.5) is 23.2 Å². The first-order chi connectivity index (χ1) is 12.8. The van der Waals surface area contributed by atoms with E-state index in [4.69, 9.17) is 4.74 Å². The quantitative estimate of drug-likeness (QED) is 0.730. The van der Waals surface area contributed by atoms with Gasteiger partial charge in [-0.1, -0.05) is 31.0 Å². The van der Waals surface area contributed by atoms with E-state index >= 15 is 0 Å². The molecular weight excluding hydrogens is 362 g/mol. The Bertz CT molecular complexity index is 842. The van der Waals surface area contributed by atoms with Crippen LogP contribution in [-0.2, 0) is 16.4 Å². The second-order valence-corrected chi connectivity index (χ2v) is 6.64. The molecular formula is C20H19F4NO2. The van der Waals surface area contributed by atoms with Gasteiger partial charge in [0.15, 0.2) is 0 Å². The van der Waals surface area contributed by atoms with Crippen LogP contribution in [0.1, 0.15) is 36.8 Å². The summed E-state index contributed by atoms with van der Waals surface area (Å²) in [5, 5.41) is 2.55. The summed E-state index contributed by atoms with van der Waals surface area (Å²) < 4.78 is 58.7. The van der Waals surface area contributed by atoms with Crippen LogP contribution in [0.15, 0.2) is 42.5 Å². The largest absolute Gasteiger partial charge is 0.496 e. The average Bonchev–Trinajstić information content (AvgIpc) is 3.12. The van der Waals surface area contributed by atoms with Crippen LogP contribution >= 0.6 is 0 Å². The number of anilines is 1. The van der Waals surface area contributed by atoms with Gasteiger partial charge >= 0.3 is 6.18 Å². The number of halogens is 4. The van der Waals surface area contributed by atoms with Gasteiger partial charge in [-0.15, -0.1) is 0 Å². The van der Waals surface area contributed by atoms with Crippen molar-refractivity contribution in [3.63, 3.8) is 0 Å².